The SMILES string of the molecule is Cc1ccc(C(=O)O)c(OCCOc2ccccc2Cl)c1. The standard InChI is InChI=1S/C16H15ClO4/c1-11-6-7-12(16(18)19)15(10-11)21-9-8-20-14-5-3-2-4-13(14)17/h2-7,10H,8-9H2,1H3,(H,18,19). The first-order valence-corrected chi connectivity index (χ1v) is 6.80. The summed E-state index contributed by atoms with van der Waals surface area (Å²) in [5.74, 6) is -0.104. The monoisotopic (exact) mass is 306 g/mol. The first-order chi connectivity index (χ1) is 10.1. The maximum absolute atomic E-state index is 11.1. The van der Waals surface area contributed by atoms with Crippen LogP contribution in [0.1, 0.15) is 15.9 Å². The van der Waals surface area contributed by atoms with Crippen LogP contribution in [-0.2, 0) is 0 Å². The third-order valence-electron chi connectivity index (χ3n) is 2.80. The molecule has 0 spiro atoms. The van der Waals surface area contributed by atoms with Gasteiger partial charge in [-0.3, -0.25) is 0 Å². The Kier molecular flexibility index (Phi) is 5.06. The summed E-state index contributed by atoms with van der Waals surface area (Å²) in [5.41, 5.74) is 1.07. The number of halogens is 1. The molecule has 0 heterocycles. The molecule has 0 fully saturated rings. The number of carboxylic acids is 1. The normalized spacial score (nSPS) is 10.2. The summed E-state index contributed by atoms with van der Waals surface area (Å²) in [6, 6.07) is 12.1. The number of hydrogen-bond donors (Lipinski definition) is 1. The summed E-state index contributed by atoms with van der Waals surface area (Å²) in [7, 11) is 0. The van der Waals surface area contributed by atoms with Gasteiger partial charge in [0.25, 0.3) is 0 Å². The van der Waals surface area contributed by atoms with Gasteiger partial charge < -0.3 is 14.6 Å². The van der Waals surface area contributed by atoms with Crippen LogP contribution in [0.5, 0.6) is 11.5 Å². The van der Waals surface area contributed by atoms with E-state index in [1.54, 1.807) is 24.3 Å². The van der Waals surface area contributed by atoms with Gasteiger partial charge in [0.2, 0.25) is 0 Å². The molecule has 0 radical (unpaired) electrons. The fourth-order valence-corrected chi connectivity index (χ4v) is 1.98. The Hall–Kier alpha value is -2.20. The van der Waals surface area contributed by atoms with Crippen LogP contribution in [0.4, 0.5) is 0 Å². The van der Waals surface area contributed by atoms with E-state index in [1.165, 1.54) is 6.07 Å². The predicted octanol–water partition coefficient (Wildman–Crippen LogP) is 3.80. The zero-order chi connectivity index (χ0) is 15.2. The summed E-state index contributed by atoms with van der Waals surface area (Å²) in [5, 5.41) is 9.63. The van der Waals surface area contributed by atoms with E-state index in [9.17, 15) is 4.79 Å². The number of aryl methyl sites for hydroxylation is 1. The van der Waals surface area contributed by atoms with Gasteiger partial charge >= 0.3 is 5.97 Å². The van der Waals surface area contributed by atoms with Crippen molar-refractivity contribution in [3.05, 3.63) is 58.6 Å². The molecule has 2 rings (SSSR count). The Labute approximate surface area is 127 Å². The molecular weight excluding hydrogens is 292 g/mol. The van der Waals surface area contributed by atoms with E-state index >= 15 is 0 Å². The molecule has 4 nitrogen and oxygen atoms in total. The van der Waals surface area contributed by atoms with E-state index in [1.807, 2.05) is 19.1 Å². The Balaban J connectivity index is 1.93. The van der Waals surface area contributed by atoms with Gasteiger partial charge in [-0.1, -0.05) is 29.8 Å². The first kappa shape index (κ1) is 15.2. The molecule has 0 aliphatic carbocycles. The number of carboxylic acid groups (broad SMARTS) is 1. The average Bonchev–Trinajstić information content (AvgIpc) is 2.45. The van der Waals surface area contributed by atoms with E-state index in [4.69, 9.17) is 26.2 Å². The molecule has 1 N–H and O–H groups in total. The highest BCUT2D eigenvalue weighted by atomic mass is 35.5. The number of aromatic carboxylic acids is 1. The van der Waals surface area contributed by atoms with Gasteiger partial charge in [0, 0.05) is 0 Å². The van der Waals surface area contributed by atoms with E-state index in [0.29, 0.717) is 16.5 Å². The van der Waals surface area contributed by atoms with E-state index in [-0.39, 0.29) is 18.8 Å². The lowest BCUT2D eigenvalue weighted by Gasteiger charge is -2.11. The van der Waals surface area contributed by atoms with Crippen LogP contribution in [0, 0.1) is 6.92 Å². The van der Waals surface area contributed by atoms with Crippen LogP contribution in [0.15, 0.2) is 42.5 Å². The van der Waals surface area contributed by atoms with E-state index in [2.05, 4.69) is 0 Å². The minimum absolute atomic E-state index is 0.137. The third-order valence-corrected chi connectivity index (χ3v) is 3.11. The lowest BCUT2D eigenvalue weighted by Crippen LogP contribution is -2.11. The molecule has 2 aromatic rings. The van der Waals surface area contributed by atoms with Crippen molar-refractivity contribution in [1.29, 1.82) is 0 Å². The molecule has 0 aliphatic rings. The Morgan fingerprint density at radius 1 is 1.10 bits per heavy atom. The molecule has 0 saturated carbocycles. The highest BCUT2D eigenvalue weighted by molar-refractivity contribution is 6.32. The number of rotatable bonds is 6. The van der Waals surface area contributed by atoms with Crippen molar-refractivity contribution in [2.24, 2.45) is 0 Å². The van der Waals surface area contributed by atoms with Crippen LogP contribution in [0.25, 0.3) is 0 Å². The maximum atomic E-state index is 11.1. The largest absolute Gasteiger partial charge is 0.489 e. The molecule has 0 atom stereocenters. The second-order valence-electron chi connectivity index (χ2n) is 4.43. The minimum Gasteiger partial charge on any atom is -0.489 e. The molecule has 0 bridgehead atoms. The molecule has 5 heteroatoms. The summed E-state index contributed by atoms with van der Waals surface area (Å²) in [4.78, 5) is 11.1. The smallest absolute Gasteiger partial charge is 0.339 e. The average molecular weight is 307 g/mol. The highest BCUT2D eigenvalue weighted by Gasteiger charge is 2.11. The van der Waals surface area contributed by atoms with Crippen molar-refractivity contribution in [2.75, 3.05) is 13.2 Å². The van der Waals surface area contributed by atoms with Crippen LogP contribution >= 0.6 is 11.6 Å². The fourth-order valence-electron chi connectivity index (χ4n) is 1.79. The van der Waals surface area contributed by atoms with Gasteiger partial charge in [-0.25, -0.2) is 4.79 Å². The van der Waals surface area contributed by atoms with Crippen molar-refractivity contribution in [1.82, 2.24) is 0 Å². The zero-order valence-corrected chi connectivity index (χ0v) is 12.3. The molecule has 0 aromatic heterocycles. The number of benzene rings is 2. The summed E-state index contributed by atoms with van der Waals surface area (Å²) in [6.07, 6.45) is 0. The Morgan fingerprint density at radius 2 is 1.76 bits per heavy atom. The Morgan fingerprint density at radius 3 is 2.43 bits per heavy atom. The van der Waals surface area contributed by atoms with Gasteiger partial charge in [-0.05, 0) is 36.8 Å². The van der Waals surface area contributed by atoms with E-state index < -0.39 is 5.97 Å². The van der Waals surface area contributed by atoms with Gasteiger partial charge in [-0.2, -0.15) is 0 Å². The molecule has 0 amide bonds. The zero-order valence-electron chi connectivity index (χ0n) is 11.5. The molecule has 21 heavy (non-hydrogen) atoms. The molecule has 0 saturated heterocycles. The molecule has 0 unspecified atom stereocenters. The van der Waals surface area contributed by atoms with Crippen molar-refractivity contribution >= 4 is 17.6 Å². The van der Waals surface area contributed by atoms with Crippen molar-refractivity contribution in [3.63, 3.8) is 0 Å². The summed E-state index contributed by atoms with van der Waals surface area (Å²) >= 11 is 5.96. The van der Waals surface area contributed by atoms with Gasteiger partial charge in [-0.15, -0.1) is 0 Å². The molecule has 110 valence electrons. The maximum Gasteiger partial charge on any atom is 0.339 e. The number of para-hydroxylation sites is 1. The number of hydrogen-bond acceptors (Lipinski definition) is 3. The first-order valence-electron chi connectivity index (χ1n) is 6.42. The molecular formula is C16H15ClO4. The van der Waals surface area contributed by atoms with E-state index in [0.717, 1.165) is 5.56 Å². The lowest BCUT2D eigenvalue weighted by molar-refractivity contribution is 0.0691. The quantitative estimate of drug-likeness (QED) is 0.825. The molecule has 0 aliphatic heterocycles. The number of carbonyl (C=O) groups is 1. The second-order valence-corrected chi connectivity index (χ2v) is 4.84. The number of ether oxygens (including phenoxy) is 2. The molecule has 2 aromatic carbocycles. The summed E-state index contributed by atoms with van der Waals surface area (Å²) < 4.78 is 11.0. The van der Waals surface area contributed by atoms with Crippen LogP contribution in [-0.4, -0.2) is 24.3 Å². The van der Waals surface area contributed by atoms with Gasteiger partial charge in [0.15, 0.2) is 0 Å². The van der Waals surface area contributed by atoms with Crippen molar-refractivity contribution in [2.45, 2.75) is 6.92 Å². The minimum atomic E-state index is -1.02. The van der Waals surface area contributed by atoms with Gasteiger partial charge in [0.1, 0.15) is 30.3 Å². The Bertz CT molecular complexity index is 640. The third kappa shape index (κ3) is 4.13. The van der Waals surface area contributed by atoms with Crippen molar-refractivity contribution in [3.8, 4) is 11.5 Å². The predicted molar refractivity (Wildman–Crippen MR) is 80.6 cm³/mol. The highest BCUT2D eigenvalue weighted by Crippen LogP contribution is 2.23. The van der Waals surface area contributed by atoms with Crippen LogP contribution in [0.2, 0.25) is 5.02 Å². The van der Waals surface area contributed by atoms with Crippen LogP contribution in [0.3, 0.4) is 0 Å². The van der Waals surface area contributed by atoms with Crippen LogP contribution < -0.4 is 9.47 Å². The second kappa shape index (κ2) is 6.99. The van der Waals surface area contributed by atoms with Crippen molar-refractivity contribution < 1.29 is 19.4 Å². The lowest BCUT2D eigenvalue weighted by atomic mass is 10.1. The van der Waals surface area contributed by atoms with Gasteiger partial charge in [0.05, 0.1) is 5.02 Å². The summed E-state index contributed by atoms with van der Waals surface area (Å²) in [6.45, 7) is 2.38. The topological polar surface area (TPSA) is 55.8 Å². The fraction of sp³-hybridized carbons (Fsp3) is 0.188.